The third-order valence-electron chi connectivity index (χ3n) is 4.29. The number of carbonyl (C=O) groups excluding carboxylic acids is 8. The zero-order valence-corrected chi connectivity index (χ0v) is 36.6. The second-order valence-electron chi connectivity index (χ2n) is 11.9. The van der Waals surface area contributed by atoms with Gasteiger partial charge in [0, 0.05) is 66.1 Å². The Morgan fingerprint density at radius 2 is 0.967 bits per heavy atom. The first-order valence-electron chi connectivity index (χ1n) is 17.9. The Labute approximate surface area is 350 Å². The number of aliphatic carboxylic acids is 2. The van der Waals surface area contributed by atoms with E-state index >= 15 is 0 Å². The molecule has 60 heavy (non-hydrogen) atoms. The zero-order valence-electron chi connectivity index (χ0n) is 36.6. The fourth-order valence-electron chi connectivity index (χ4n) is 2.14. The lowest BCUT2D eigenvalue weighted by molar-refractivity contribution is -0.302. The van der Waals surface area contributed by atoms with Crippen LogP contribution in [-0.2, 0) is 76.3 Å². The summed E-state index contributed by atoms with van der Waals surface area (Å²) in [5.74, 6) is -4.86. The molecule has 24 heteroatoms. The highest BCUT2D eigenvalue weighted by Gasteiger charge is 2.08. The summed E-state index contributed by atoms with van der Waals surface area (Å²) in [6.07, 6.45) is -1.94. The van der Waals surface area contributed by atoms with Gasteiger partial charge in [0.05, 0.1) is 32.2 Å². The largest absolute Gasteiger partial charge is 0.550 e. The molecule has 0 bridgehead atoms. The number of carboxylic acids is 2. The number of aliphatic hydroxyl groups is 4. The minimum absolute atomic E-state index is 0.00581. The first-order chi connectivity index (χ1) is 27.5. The van der Waals surface area contributed by atoms with Crippen molar-refractivity contribution in [3.8, 4) is 0 Å². The van der Waals surface area contributed by atoms with Crippen molar-refractivity contribution in [1.29, 1.82) is 0 Å². The van der Waals surface area contributed by atoms with Crippen molar-refractivity contribution in [3.05, 3.63) is 0 Å². The molecule has 8 N–H and O–H groups in total. The van der Waals surface area contributed by atoms with Crippen LogP contribution in [0.4, 0.5) is 0 Å². The van der Waals surface area contributed by atoms with Gasteiger partial charge >= 0.3 is 47.8 Å². The van der Waals surface area contributed by atoms with Gasteiger partial charge in [-0.15, -0.1) is 0 Å². The van der Waals surface area contributed by atoms with Gasteiger partial charge in [-0.1, -0.05) is 0 Å². The third kappa shape index (κ3) is 117. The van der Waals surface area contributed by atoms with E-state index in [0.29, 0.717) is 26.3 Å². The number of hydrogen-bond acceptors (Lipinski definition) is 23. The number of ether oxygens (including phenoxy) is 7. The standard InChI is InChI=1S/C8H17NO2.C8H12O6.C5H10O4.C5H10O3.C4H9NO2.C4H8O3.C2H4O2/c1-7(10)11-6-5-9-8(2,3)4;1-6(9)13-4-5-14-8(12)3-2-7(10)11;1-4(7)9-3-5(8)2-6;1-4(6)3-8-5(2)7;2*1-4(6)7-3-2-5;1-2(3)4/h9H,5-6H2,1-4H3;2-5H2,1H3,(H,10,11);5-6,8H,2-3H2,1H3;4,6H,3H2,1-2H3;2-3,5H2,1H3;5H,2-3H2,1H3;1H3,(H,3,4)/p-1. The molecule has 0 rings (SSSR count). The summed E-state index contributed by atoms with van der Waals surface area (Å²) in [6.45, 7) is 18.0. The summed E-state index contributed by atoms with van der Waals surface area (Å²) in [5, 5.41) is 53.7. The summed E-state index contributed by atoms with van der Waals surface area (Å²) in [7, 11) is 0. The number of rotatable bonds is 18. The molecular formula is C36H69N2O22-. The van der Waals surface area contributed by atoms with Crippen LogP contribution in [0.5, 0.6) is 0 Å². The van der Waals surface area contributed by atoms with Crippen molar-refractivity contribution < 1.29 is 107 Å². The highest BCUT2D eigenvalue weighted by molar-refractivity contribution is 5.76. The first kappa shape index (κ1) is 69.6. The predicted octanol–water partition coefficient (Wildman–Crippen LogP) is -2.47. The van der Waals surface area contributed by atoms with E-state index in [4.69, 9.17) is 45.9 Å². The molecule has 2 unspecified atom stereocenters. The van der Waals surface area contributed by atoms with E-state index in [9.17, 15) is 38.4 Å². The van der Waals surface area contributed by atoms with Crippen LogP contribution in [0.25, 0.3) is 0 Å². The van der Waals surface area contributed by atoms with Crippen LogP contribution in [-0.4, -0.2) is 170 Å². The number of esters is 7. The Morgan fingerprint density at radius 1 is 0.600 bits per heavy atom. The van der Waals surface area contributed by atoms with Crippen LogP contribution < -0.4 is 16.2 Å². The maximum Gasteiger partial charge on any atom is 0.306 e. The quantitative estimate of drug-likeness (QED) is 0.0426. The van der Waals surface area contributed by atoms with E-state index in [1.54, 1.807) is 6.92 Å². The van der Waals surface area contributed by atoms with E-state index in [0.717, 1.165) is 6.92 Å². The Balaban J connectivity index is -0.000000112. The zero-order chi connectivity index (χ0) is 48.7. The van der Waals surface area contributed by atoms with E-state index in [1.165, 1.54) is 41.5 Å². The van der Waals surface area contributed by atoms with E-state index in [1.807, 2.05) is 0 Å². The lowest BCUT2D eigenvalue weighted by Crippen LogP contribution is -2.38. The van der Waals surface area contributed by atoms with Crippen molar-refractivity contribution in [1.82, 2.24) is 5.32 Å². The lowest BCUT2D eigenvalue weighted by atomic mass is 10.1. The minimum Gasteiger partial charge on any atom is -0.550 e. The number of nitrogens with one attached hydrogen (secondary N) is 1. The van der Waals surface area contributed by atoms with Crippen LogP contribution in [0, 0.1) is 0 Å². The van der Waals surface area contributed by atoms with Crippen molar-refractivity contribution in [3.63, 3.8) is 0 Å². The lowest BCUT2D eigenvalue weighted by Gasteiger charge is -2.19. The van der Waals surface area contributed by atoms with E-state index < -0.39 is 42.1 Å². The van der Waals surface area contributed by atoms with Crippen LogP contribution in [0.15, 0.2) is 0 Å². The average molecular weight is 882 g/mol. The van der Waals surface area contributed by atoms with Gasteiger partial charge in [0.2, 0.25) is 0 Å². The number of carbonyl (C=O) groups is 9. The molecule has 0 radical (unpaired) electrons. The molecule has 0 heterocycles. The van der Waals surface area contributed by atoms with Crippen molar-refractivity contribution >= 4 is 53.7 Å². The highest BCUT2D eigenvalue weighted by atomic mass is 16.6. The fraction of sp³-hybridized carbons (Fsp3) is 0.750. The summed E-state index contributed by atoms with van der Waals surface area (Å²) >= 11 is 0. The molecule has 0 aliphatic carbocycles. The molecule has 356 valence electrons. The first-order valence-corrected chi connectivity index (χ1v) is 17.9. The maximum absolute atomic E-state index is 10.8. The number of aliphatic hydroxyl groups excluding tert-OH is 4. The molecule has 0 aromatic heterocycles. The van der Waals surface area contributed by atoms with Crippen LogP contribution in [0.1, 0.15) is 89.0 Å². The van der Waals surface area contributed by atoms with Gasteiger partial charge in [0.15, 0.2) is 0 Å². The van der Waals surface area contributed by atoms with Crippen molar-refractivity contribution in [2.45, 2.75) is 107 Å². The summed E-state index contributed by atoms with van der Waals surface area (Å²) < 4.78 is 31.3. The van der Waals surface area contributed by atoms with Gasteiger partial charge in [-0.05, 0) is 34.6 Å². The number of nitrogens with two attached hydrogens (primary N) is 1. The SMILES string of the molecule is CC(=O)OCC(C)O.CC(=O)OCC(O)CO.CC(=O)OCCN.CC(=O)OCCNC(C)(C)C.CC(=O)OCCO.CC(=O)OCCOC(=O)CCC(=O)O.CC(=O)[O-]. The van der Waals surface area contributed by atoms with Gasteiger partial charge in [0.25, 0.3) is 0 Å². The molecule has 24 nitrogen and oxygen atoms in total. The number of hydrogen-bond donors (Lipinski definition) is 7. The van der Waals surface area contributed by atoms with Crippen LogP contribution >= 0.6 is 0 Å². The second kappa shape index (κ2) is 50.1. The summed E-state index contributed by atoms with van der Waals surface area (Å²) in [4.78, 5) is 90.1. The molecule has 0 amide bonds. The highest BCUT2D eigenvalue weighted by Crippen LogP contribution is 1.96. The van der Waals surface area contributed by atoms with Gasteiger partial charge in [-0.3, -0.25) is 38.4 Å². The predicted molar refractivity (Wildman–Crippen MR) is 207 cm³/mol. The van der Waals surface area contributed by atoms with Crippen LogP contribution in [0.3, 0.4) is 0 Å². The Hall–Kier alpha value is -5.01. The second-order valence-corrected chi connectivity index (χ2v) is 11.9. The maximum atomic E-state index is 10.8. The normalized spacial score (nSPS) is 10.2. The van der Waals surface area contributed by atoms with E-state index in [2.05, 4.69) is 54.5 Å². The Kier molecular flexibility index (Phi) is 58.2. The topological polar surface area (TPSA) is 380 Å². The molecule has 0 aliphatic heterocycles. The summed E-state index contributed by atoms with van der Waals surface area (Å²) in [5.41, 5.74) is 5.10. The van der Waals surface area contributed by atoms with Crippen molar-refractivity contribution in [2.24, 2.45) is 5.73 Å². The van der Waals surface area contributed by atoms with Gasteiger partial charge in [0.1, 0.15) is 52.4 Å². The van der Waals surface area contributed by atoms with Gasteiger partial charge in [-0.2, -0.15) is 0 Å². The number of carboxylic acid groups (broad SMARTS) is 2. The van der Waals surface area contributed by atoms with Gasteiger partial charge in [-0.25, -0.2) is 0 Å². The third-order valence-corrected chi connectivity index (χ3v) is 4.29. The van der Waals surface area contributed by atoms with E-state index in [-0.39, 0.29) is 88.5 Å². The monoisotopic (exact) mass is 881 g/mol. The molecule has 0 spiro atoms. The van der Waals surface area contributed by atoms with Crippen molar-refractivity contribution in [2.75, 3.05) is 72.6 Å². The molecule has 0 fully saturated rings. The molecular weight excluding hydrogens is 812 g/mol. The van der Waals surface area contributed by atoms with Crippen LogP contribution in [0.2, 0.25) is 0 Å². The molecule has 0 aromatic carbocycles. The smallest absolute Gasteiger partial charge is 0.306 e. The average Bonchev–Trinajstić information content (AvgIpc) is 3.11. The molecule has 0 aromatic rings. The Bertz CT molecular complexity index is 1120. The molecule has 2 atom stereocenters. The summed E-state index contributed by atoms with van der Waals surface area (Å²) in [6, 6.07) is 0. The fourth-order valence-corrected chi connectivity index (χ4v) is 2.14. The molecule has 0 saturated carbocycles. The Morgan fingerprint density at radius 3 is 1.25 bits per heavy atom. The van der Waals surface area contributed by atoms with Gasteiger partial charge < -0.3 is 79.6 Å². The molecule has 0 saturated heterocycles. The minimum atomic E-state index is -1.08. The molecule has 0 aliphatic rings.